The highest BCUT2D eigenvalue weighted by Crippen LogP contribution is 2.39. The highest BCUT2D eigenvalue weighted by Gasteiger charge is 2.27. The van der Waals surface area contributed by atoms with E-state index in [4.69, 9.17) is 4.74 Å². The quantitative estimate of drug-likeness (QED) is 0.709. The summed E-state index contributed by atoms with van der Waals surface area (Å²) in [7, 11) is 0. The lowest BCUT2D eigenvalue weighted by Gasteiger charge is -2.11. The average Bonchev–Trinajstić information content (AvgIpc) is 3.18. The van der Waals surface area contributed by atoms with Gasteiger partial charge in [-0.2, -0.15) is 0 Å². The molecule has 0 radical (unpaired) electrons. The summed E-state index contributed by atoms with van der Waals surface area (Å²) in [6, 6.07) is 1.76. The molecule has 7 nitrogen and oxygen atoms in total. The smallest absolute Gasteiger partial charge is 0.355 e. The highest BCUT2D eigenvalue weighted by atomic mass is 32.1. The van der Waals surface area contributed by atoms with Crippen molar-refractivity contribution in [3.8, 4) is 11.3 Å². The Morgan fingerprint density at radius 3 is 3.00 bits per heavy atom. The van der Waals surface area contributed by atoms with Gasteiger partial charge < -0.3 is 15.0 Å². The number of fused-ring (bicyclic) bond motifs is 3. The monoisotopic (exact) mass is 341 g/mol. The van der Waals surface area contributed by atoms with Crippen LogP contribution in [0.5, 0.6) is 0 Å². The molecule has 0 aromatic carbocycles. The molecule has 1 aliphatic carbocycles. The van der Waals surface area contributed by atoms with E-state index in [1.165, 1.54) is 4.88 Å². The lowest BCUT2D eigenvalue weighted by atomic mass is 9.95. The molecule has 0 saturated carbocycles. The molecule has 0 fully saturated rings. The number of nitrogens with one attached hydrogen (secondary N) is 2. The molecule has 0 spiro atoms. The molecule has 0 bridgehead atoms. The fourth-order valence-electron chi connectivity index (χ4n) is 2.79. The summed E-state index contributed by atoms with van der Waals surface area (Å²) < 4.78 is 5.11. The molecule has 0 aliphatic heterocycles. The molecule has 24 heavy (non-hydrogen) atoms. The summed E-state index contributed by atoms with van der Waals surface area (Å²) in [6.07, 6.45) is 6.84. The van der Waals surface area contributed by atoms with Crippen LogP contribution in [0.25, 0.3) is 11.3 Å². The molecule has 0 unspecified atom stereocenters. The van der Waals surface area contributed by atoms with Gasteiger partial charge in [-0.3, -0.25) is 0 Å². The molecular formula is C16H15N5O2S. The molecule has 3 aromatic heterocycles. The van der Waals surface area contributed by atoms with Crippen LogP contribution in [0.1, 0.15) is 27.9 Å². The molecule has 3 aromatic rings. The van der Waals surface area contributed by atoms with Crippen LogP contribution >= 0.6 is 11.3 Å². The van der Waals surface area contributed by atoms with Crippen molar-refractivity contribution < 1.29 is 9.53 Å². The zero-order valence-electron chi connectivity index (χ0n) is 13.0. The number of aromatic nitrogens is 4. The summed E-state index contributed by atoms with van der Waals surface area (Å²) in [4.78, 5) is 29.2. The molecule has 0 saturated heterocycles. The number of carbonyl (C=O) groups excluding carboxylic acids is 1. The van der Waals surface area contributed by atoms with E-state index in [-0.39, 0.29) is 5.97 Å². The lowest BCUT2D eigenvalue weighted by molar-refractivity contribution is 0.0519. The van der Waals surface area contributed by atoms with Gasteiger partial charge in [0.1, 0.15) is 5.69 Å². The second-order valence-electron chi connectivity index (χ2n) is 5.26. The molecule has 0 amide bonds. The van der Waals surface area contributed by atoms with Crippen LogP contribution in [0.4, 0.5) is 11.1 Å². The minimum atomic E-state index is -0.312. The lowest BCUT2D eigenvalue weighted by Crippen LogP contribution is -2.10. The third-order valence-corrected chi connectivity index (χ3v) is 4.84. The Bertz CT molecular complexity index is 887. The number of ether oxygens (including phenoxy) is 1. The first-order valence-corrected chi connectivity index (χ1v) is 8.49. The van der Waals surface area contributed by atoms with Gasteiger partial charge >= 0.3 is 5.97 Å². The Hall–Kier alpha value is -2.74. The van der Waals surface area contributed by atoms with E-state index >= 15 is 0 Å². The van der Waals surface area contributed by atoms with Crippen LogP contribution in [-0.4, -0.2) is 32.5 Å². The first-order valence-electron chi connectivity index (χ1n) is 7.67. The largest absolute Gasteiger partial charge is 0.461 e. The fourth-order valence-corrected chi connectivity index (χ4v) is 3.76. The SMILES string of the molecule is CCOC(=O)c1[nH]cc2c1CCc1sc(Nc3ncccn3)nc1-2. The molecular weight excluding hydrogens is 326 g/mol. The molecule has 4 rings (SSSR count). The van der Waals surface area contributed by atoms with Crippen molar-refractivity contribution in [1.82, 2.24) is 19.9 Å². The van der Waals surface area contributed by atoms with Crippen molar-refractivity contribution in [1.29, 1.82) is 0 Å². The summed E-state index contributed by atoms with van der Waals surface area (Å²) in [5.74, 6) is 0.207. The second kappa shape index (κ2) is 6.04. The van der Waals surface area contributed by atoms with Gasteiger partial charge in [0.05, 0.1) is 12.3 Å². The highest BCUT2D eigenvalue weighted by molar-refractivity contribution is 7.16. The summed E-state index contributed by atoms with van der Waals surface area (Å²) >= 11 is 1.59. The van der Waals surface area contributed by atoms with Crippen LogP contribution < -0.4 is 5.32 Å². The summed E-state index contributed by atoms with van der Waals surface area (Å²) in [5.41, 5.74) is 3.39. The topological polar surface area (TPSA) is 92.8 Å². The molecule has 0 atom stereocenters. The van der Waals surface area contributed by atoms with Crippen molar-refractivity contribution in [2.45, 2.75) is 19.8 Å². The van der Waals surface area contributed by atoms with Crippen molar-refractivity contribution >= 4 is 28.4 Å². The fraction of sp³-hybridized carbons (Fsp3) is 0.250. The third kappa shape index (κ3) is 2.54. The number of hydrogen-bond acceptors (Lipinski definition) is 7. The zero-order chi connectivity index (χ0) is 16.5. The molecule has 8 heteroatoms. The van der Waals surface area contributed by atoms with Gasteiger partial charge in [-0.15, -0.1) is 11.3 Å². The molecule has 3 heterocycles. The van der Waals surface area contributed by atoms with Gasteiger partial charge in [0.15, 0.2) is 5.13 Å². The molecule has 2 N–H and O–H groups in total. The number of rotatable bonds is 4. The number of anilines is 2. The van der Waals surface area contributed by atoms with Crippen LogP contribution in [-0.2, 0) is 17.6 Å². The van der Waals surface area contributed by atoms with E-state index in [2.05, 4.69) is 25.3 Å². The average molecular weight is 341 g/mol. The Morgan fingerprint density at radius 2 is 2.21 bits per heavy atom. The van der Waals surface area contributed by atoms with Crippen LogP contribution in [0, 0.1) is 0 Å². The number of hydrogen-bond donors (Lipinski definition) is 2. The van der Waals surface area contributed by atoms with Crippen LogP contribution in [0.2, 0.25) is 0 Å². The van der Waals surface area contributed by atoms with Gasteiger partial charge in [-0.05, 0) is 31.4 Å². The standard InChI is InChI=1S/C16H15N5O2S/c1-2-23-14(22)13-9-4-5-11-12(10(9)8-19-13)20-16(24-11)21-15-17-6-3-7-18-15/h3,6-8,19H,2,4-5H2,1H3,(H,17,18,20,21). The first kappa shape index (κ1) is 14.8. The van der Waals surface area contributed by atoms with Crippen molar-refractivity contribution in [3.05, 3.63) is 40.8 Å². The molecule has 122 valence electrons. The number of aromatic amines is 1. The number of aryl methyl sites for hydroxylation is 1. The van der Waals surface area contributed by atoms with Gasteiger partial charge in [-0.25, -0.2) is 19.7 Å². The Morgan fingerprint density at radius 1 is 1.38 bits per heavy atom. The summed E-state index contributed by atoms with van der Waals surface area (Å²) in [5, 5.41) is 3.87. The maximum Gasteiger partial charge on any atom is 0.355 e. The summed E-state index contributed by atoms with van der Waals surface area (Å²) in [6.45, 7) is 2.16. The third-order valence-electron chi connectivity index (χ3n) is 3.81. The maximum absolute atomic E-state index is 12.0. The minimum Gasteiger partial charge on any atom is -0.461 e. The number of thiazole rings is 1. The van der Waals surface area contributed by atoms with E-state index in [1.807, 2.05) is 6.20 Å². The van der Waals surface area contributed by atoms with E-state index in [0.29, 0.717) is 18.2 Å². The Balaban J connectivity index is 1.66. The number of nitrogens with zero attached hydrogens (tertiary/aromatic N) is 3. The maximum atomic E-state index is 12.0. The van der Waals surface area contributed by atoms with Crippen LogP contribution in [0.3, 0.4) is 0 Å². The van der Waals surface area contributed by atoms with Crippen molar-refractivity contribution in [2.24, 2.45) is 0 Å². The first-order chi connectivity index (χ1) is 11.8. The normalized spacial score (nSPS) is 12.4. The molecule has 1 aliphatic rings. The van der Waals surface area contributed by atoms with Gasteiger partial charge in [0, 0.05) is 29.0 Å². The number of esters is 1. The predicted octanol–water partition coefficient (Wildman–Crippen LogP) is 2.95. The Kier molecular flexibility index (Phi) is 3.73. The Labute approximate surface area is 142 Å². The van der Waals surface area contributed by atoms with Gasteiger partial charge in [0.2, 0.25) is 5.95 Å². The van der Waals surface area contributed by atoms with Gasteiger partial charge in [0.25, 0.3) is 0 Å². The van der Waals surface area contributed by atoms with E-state index < -0.39 is 0 Å². The van der Waals surface area contributed by atoms with Gasteiger partial charge in [-0.1, -0.05) is 0 Å². The second-order valence-corrected chi connectivity index (χ2v) is 6.35. The zero-order valence-corrected chi connectivity index (χ0v) is 13.8. The number of H-pyrrole nitrogens is 1. The van der Waals surface area contributed by atoms with E-state index in [0.717, 1.165) is 34.8 Å². The number of carbonyl (C=O) groups is 1. The minimum absolute atomic E-state index is 0.312. The van der Waals surface area contributed by atoms with E-state index in [9.17, 15) is 4.79 Å². The predicted molar refractivity (Wildman–Crippen MR) is 90.6 cm³/mol. The van der Waals surface area contributed by atoms with Crippen LogP contribution in [0.15, 0.2) is 24.7 Å². The van der Waals surface area contributed by atoms with Crippen molar-refractivity contribution in [3.63, 3.8) is 0 Å². The van der Waals surface area contributed by atoms with Crippen molar-refractivity contribution in [2.75, 3.05) is 11.9 Å². The van der Waals surface area contributed by atoms with E-state index in [1.54, 1.807) is 36.7 Å².